The Morgan fingerprint density at radius 3 is 2.40 bits per heavy atom. The largest absolute Gasteiger partial charge is 0.327 e. The van der Waals surface area contributed by atoms with E-state index in [9.17, 15) is 9.59 Å². The summed E-state index contributed by atoms with van der Waals surface area (Å²) in [6.07, 6.45) is 5.76. The zero-order chi connectivity index (χ0) is 10.8. The van der Waals surface area contributed by atoms with Crippen molar-refractivity contribution in [3.8, 4) is 0 Å². The van der Waals surface area contributed by atoms with Crippen molar-refractivity contribution in [2.24, 2.45) is 11.7 Å². The van der Waals surface area contributed by atoms with Crippen molar-refractivity contribution < 1.29 is 9.59 Å². The average Bonchev–Trinajstić information content (AvgIpc) is 2.24. The fourth-order valence-corrected chi connectivity index (χ4v) is 2.44. The number of carbonyl (C=O) groups excluding carboxylic acids is 2. The summed E-state index contributed by atoms with van der Waals surface area (Å²) in [6.45, 7) is 0.554. The minimum Gasteiger partial charge on any atom is -0.327 e. The van der Waals surface area contributed by atoms with Crippen molar-refractivity contribution in [2.75, 3.05) is 13.1 Å². The second kappa shape index (κ2) is 4.31. The second-order valence-corrected chi connectivity index (χ2v) is 4.66. The molecule has 0 aromatic rings. The van der Waals surface area contributed by atoms with Gasteiger partial charge in [-0.25, -0.2) is 0 Å². The van der Waals surface area contributed by atoms with Gasteiger partial charge in [0, 0.05) is 0 Å². The molecule has 0 bridgehead atoms. The third kappa shape index (κ3) is 2.20. The molecule has 1 aliphatic heterocycles. The van der Waals surface area contributed by atoms with E-state index in [2.05, 4.69) is 0 Å². The van der Waals surface area contributed by atoms with Crippen LogP contribution < -0.4 is 5.73 Å². The maximum atomic E-state index is 11.8. The molecule has 1 heterocycles. The fourth-order valence-electron chi connectivity index (χ4n) is 2.44. The van der Waals surface area contributed by atoms with Crippen LogP contribution in [0.25, 0.3) is 0 Å². The number of nitrogens with two attached hydrogens (primary N) is 1. The van der Waals surface area contributed by atoms with Gasteiger partial charge in [-0.3, -0.25) is 9.59 Å². The first kappa shape index (κ1) is 10.6. The molecule has 0 aromatic carbocycles. The van der Waals surface area contributed by atoms with Crippen LogP contribution in [0.1, 0.15) is 32.1 Å². The molecule has 2 rings (SSSR count). The molecule has 1 saturated heterocycles. The van der Waals surface area contributed by atoms with Gasteiger partial charge in [0.15, 0.2) is 5.78 Å². The predicted molar refractivity (Wildman–Crippen MR) is 56.1 cm³/mol. The summed E-state index contributed by atoms with van der Waals surface area (Å²) in [5.74, 6) is 0.447. The lowest BCUT2D eigenvalue weighted by Crippen LogP contribution is -2.57. The van der Waals surface area contributed by atoms with Gasteiger partial charge in [-0.2, -0.15) is 0 Å². The normalized spacial score (nSPS) is 24.9. The Bertz CT molecular complexity index is 264. The van der Waals surface area contributed by atoms with Crippen LogP contribution in [0, 0.1) is 5.92 Å². The molecule has 0 spiro atoms. The number of amides is 1. The van der Waals surface area contributed by atoms with Crippen LogP contribution in [0.4, 0.5) is 0 Å². The van der Waals surface area contributed by atoms with Crippen LogP contribution in [0.5, 0.6) is 0 Å². The zero-order valence-corrected chi connectivity index (χ0v) is 8.95. The van der Waals surface area contributed by atoms with Gasteiger partial charge in [0.1, 0.15) is 0 Å². The molecule has 0 radical (unpaired) electrons. The lowest BCUT2D eigenvalue weighted by molar-refractivity contribution is -0.147. The quantitative estimate of drug-likeness (QED) is 0.713. The predicted octanol–water partition coefficient (Wildman–Crippen LogP) is 0.305. The Balaban J connectivity index is 1.86. The SMILES string of the molecule is NC(C(=O)N1CC(=O)C1)C1CCCCC1. The highest BCUT2D eigenvalue weighted by molar-refractivity contribution is 5.97. The number of hydrogen-bond donors (Lipinski definition) is 1. The molecule has 2 N–H and O–H groups in total. The lowest BCUT2D eigenvalue weighted by atomic mass is 9.83. The summed E-state index contributed by atoms with van der Waals surface area (Å²) in [6, 6.07) is -0.376. The van der Waals surface area contributed by atoms with Crippen molar-refractivity contribution in [1.29, 1.82) is 0 Å². The van der Waals surface area contributed by atoms with Crippen molar-refractivity contribution in [2.45, 2.75) is 38.1 Å². The Morgan fingerprint density at radius 2 is 1.87 bits per heavy atom. The smallest absolute Gasteiger partial charge is 0.240 e. The standard InChI is InChI=1S/C11H18N2O2/c12-10(8-4-2-1-3-5-8)11(15)13-6-9(14)7-13/h8,10H,1-7,12H2. The monoisotopic (exact) mass is 210 g/mol. The molecule has 4 heteroatoms. The summed E-state index contributed by atoms with van der Waals surface area (Å²) >= 11 is 0. The number of Topliss-reactive ketones (excluding diaryl/α,β-unsaturated/α-hetero) is 1. The van der Waals surface area contributed by atoms with Gasteiger partial charge >= 0.3 is 0 Å². The number of ketones is 1. The molecular weight excluding hydrogens is 192 g/mol. The molecule has 1 saturated carbocycles. The first-order chi connectivity index (χ1) is 7.18. The third-order valence-corrected chi connectivity index (χ3v) is 3.49. The number of rotatable bonds is 2. The molecule has 0 aromatic heterocycles. The average molecular weight is 210 g/mol. The molecule has 1 unspecified atom stereocenters. The molecule has 4 nitrogen and oxygen atoms in total. The van der Waals surface area contributed by atoms with E-state index in [-0.39, 0.29) is 30.8 Å². The van der Waals surface area contributed by atoms with E-state index in [0.29, 0.717) is 5.92 Å². The first-order valence-corrected chi connectivity index (χ1v) is 5.74. The number of hydrogen-bond acceptors (Lipinski definition) is 3. The number of nitrogens with zero attached hydrogens (tertiary/aromatic N) is 1. The minimum absolute atomic E-state index is 0.0264. The second-order valence-electron chi connectivity index (χ2n) is 4.66. The van der Waals surface area contributed by atoms with E-state index in [1.54, 1.807) is 4.90 Å². The maximum Gasteiger partial charge on any atom is 0.240 e. The van der Waals surface area contributed by atoms with Gasteiger partial charge in [-0.15, -0.1) is 0 Å². The molecule has 84 valence electrons. The summed E-state index contributed by atoms with van der Waals surface area (Å²) in [5.41, 5.74) is 5.95. The van der Waals surface area contributed by atoms with Gasteiger partial charge in [-0.1, -0.05) is 19.3 Å². The summed E-state index contributed by atoms with van der Waals surface area (Å²) in [4.78, 5) is 24.2. The van der Waals surface area contributed by atoms with E-state index in [1.165, 1.54) is 19.3 Å². The molecule has 1 aliphatic carbocycles. The molecule has 2 fully saturated rings. The van der Waals surface area contributed by atoms with Gasteiger partial charge in [0.25, 0.3) is 0 Å². The van der Waals surface area contributed by atoms with E-state index in [0.717, 1.165) is 12.8 Å². The molecular formula is C11H18N2O2. The summed E-state index contributed by atoms with van der Waals surface area (Å²) in [5, 5.41) is 0. The van der Waals surface area contributed by atoms with Crippen LogP contribution in [0.3, 0.4) is 0 Å². The van der Waals surface area contributed by atoms with E-state index in [4.69, 9.17) is 5.73 Å². The van der Waals surface area contributed by atoms with E-state index >= 15 is 0 Å². The van der Waals surface area contributed by atoms with Crippen LogP contribution in [0.15, 0.2) is 0 Å². The Kier molecular flexibility index (Phi) is 3.05. The van der Waals surface area contributed by atoms with Crippen molar-refractivity contribution in [3.63, 3.8) is 0 Å². The molecule has 2 aliphatic rings. The lowest BCUT2D eigenvalue weighted by Gasteiger charge is -2.35. The van der Waals surface area contributed by atoms with Crippen LogP contribution in [0.2, 0.25) is 0 Å². The van der Waals surface area contributed by atoms with Crippen molar-refractivity contribution in [3.05, 3.63) is 0 Å². The maximum absolute atomic E-state index is 11.8. The Hall–Kier alpha value is -0.900. The first-order valence-electron chi connectivity index (χ1n) is 5.74. The van der Waals surface area contributed by atoms with E-state index in [1.807, 2.05) is 0 Å². The highest BCUT2D eigenvalue weighted by Gasteiger charge is 2.35. The van der Waals surface area contributed by atoms with Crippen LogP contribution in [-0.2, 0) is 9.59 Å². The third-order valence-electron chi connectivity index (χ3n) is 3.49. The summed E-state index contributed by atoms with van der Waals surface area (Å²) in [7, 11) is 0. The number of likely N-dealkylation sites (tertiary alicyclic amines) is 1. The number of carbonyl (C=O) groups is 2. The van der Waals surface area contributed by atoms with Gasteiger partial charge in [0.2, 0.25) is 5.91 Å². The van der Waals surface area contributed by atoms with Gasteiger partial charge in [0.05, 0.1) is 19.1 Å². The highest BCUT2D eigenvalue weighted by Crippen LogP contribution is 2.26. The highest BCUT2D eigenvalue weighted by atomic mass is 16.2. The molecule has 1 atom stereocenters. The van der Waals surface area contributed by atoms with Gasteiger partial charge in [-0.05, 0) is 18.8 Å². The summed E-state index contributed by atoms with van der Waals surface area (Å²) < 4.78 is 0. The minimum atomic E-state index is -0.376. The Morgan fingerprint density at radius 1 is 1.27 bits per heavy atom. The molecule has 1 amide bonds. The van der Waals surface area contributed by atoms with Crippen LogP contribution in [-0.4, -0.2) is 35.7 Å². The molecule has 15 heavy (non-hydrogen) atoms. The van der Waals surface area contributed by atoms with Gasteiger partial charge < -0.3 is 10.6 Å². The van der Waals surface area contributed by atoms with E-state index < -0.39 is 0 Å². The Labute approximate surface area is 89.8 Å². The van der Waals surface area contributed by atoms with Crippen molar-refractivity contribution >= 4 is 11.7 Å². The fraction of sp³-hybridized carbons (Fsp3) is 0.818. The van der Waals surface area contributed by atoms with Crippen LogP contribution >= 0.6 is 0 Å². The van der Waals surface area contributed by atoms with Crippen molar-refractivity contribution in [1.82, 2.24) is 4.90 Å². The zero-order valence-electron chi connectivity index (χ0n) is 8.95. The topological polar surface area (TPSA) is 63.4 Å².